The molecule has 2 aromatic heterocycles. The molecule has 4 aromatic rings. The molecule has 158 valence electrons. The van der Waals surface area contributed by atoms with Crippen LogP contribution in [0.3, 0.4) is 0 Å². The number of aromatic amines is 1. The number of tetrazole rings is 1. The normalized spacial score (nSPS) is 16.5. The van der Waals surface area contributed by atoms with Gasteiger partial charge in [-0.3, -0.25) is 4.79 Å². The van der Waals surface area contributed by atoms with Crippen molar-refractivity contribution >= 4 is 56.2 Å². The molecule has 2 N–H and O–H groups in total. The van der Waals surface area contributed by atoms with Crippen molar-refractivity contribution in [3.63, 3.8) is 0 Å². The smallest absolute Gasteiger partial charge is 0.306 e. The van der Waals surface area contributed by atoms with Gasteiger partial charge in [-0.2, -0.15) is 5.21 Å². The quantitative estimate of drug-likeness (QED) is 0.357. The zero-order valence-electron chi connectivity index (χ0n) is 16.3. The molecule has 3 heterocycles. The van der Waals surface area contributed by atoms with E-state index in [1.807, 2.05) is 36.4 Å². The summed E-state index contributed by atoms with van der Waals surface area (Å²) in [4.78, 5) is 13.9. The molecule has 2 aromatic carbocycles. The molecule has 31 heavy (non-hydrogen) atoms. The zero-order valence-corrected chi connectivity index (χ0v) is 19.5. The van der Waals surface area contributed by atoms with Crippen molar-refractivity contribution in [1.29, 1.82) is 0 Å². The van der Waals surface area contributed by atoms with Crippen molar-refractivity contribution < 1.29 is 9.90 Å². The number of aryl methyl sites for hydroxylation is 1. The molecule has 0 spiro atoms. The minimum absolute atomic E-state index is 0.0692. The van der Waals surface area contributed by atoms with E-state index >= 15 is 0 Å². The molecule has 0 radical (unpaired) electrons. The van der Waals surface area contributed by atoms with Crippen molar-refractivity contribution in [2.45, 2.75) is 35.6 Å². The van der Waals surface area contributed by atoms with E-state index in [4.69, 9.17) is 11.6 Å². The third kappa shape index (κ3) is 3.54. The highest BCUT2D eigenvalue weighted by Crippen LogP contribution is 2.50. The molecule has 0 saturated carbocycles. The van der Waals surface area contributed by atoms with Gasteiger partial charge in [-0.1, -0.05) is 46.2 Å². The van der Waals surface area contributed by atoms with Gasteiger partial charge in [0.1, 0.15) is 0 Å². The van der Waals surface area contributed by atoms with E-state index in [9.17, 15) is 9.90 Å². The lowest BCUT2D eigenvalue weighted by Crippen LogP contribution is -2.17. The molecule has 1 aliphatic heterocycles. The van der Waals surface area contributed by atoms with Crippen molar-refractivity contribution in [2.24, 2.45) is 5.92 Å². The monoisotopic (exact) mass is 517 g/mol. The van der Waals surface area contributed by atoms with Crippen LogP contribution in [0, 0.1) is 5.92 Å². The number of halogens is 2. The lowest BCUT2D eigenvalue weighted by Gasteiger charge is -2.16. The molecule has 10 heteroatoms. The van der Waals surface area contributed by atoms with Crippen LogP contribution in [0.5, 0.6) is 0 Å². The van der Waals surface area contributed by atoms with Crippen molar-refractivity contribution in [2.75, 3.05) is 0 Å². The standard InChI is InChI=1S/C21H17BrClN5O2S/c1-10(21(29)30)14-6-7-28-16-9-11(20-24-26-27-25-20)8-15(22)17(16)19(18(14)28)31-13-4-2-12(23)3-5-13/h2-5,8-10,14H,6-7H2,1H3,(H,29,30)(H,24,25,26,27). The second kappa shape index (κ2) is 7.96. The number of carbonyl (C=O) groups is 1. The van der Waals surface area contributed by atoms with Crippen molar-refractivity contribution in [3.05, 3.63) is 51.6 Å². The summed E-state index contributed by atoms with van der Waals surface area (Å²) in [6.07, 6.45) is 0.789. The second-order valence-electron chi connectivity index (χ2n) is 7.53. The molecule has 7 nitrogen and oxygen atoms in total. The Morgan fingerprint density at radius 1 is 1.35 bits per heavy atom. The Kier molecular flexibility index (Phi) is 5.27. The average Bonchev–Trinajstić information content (AvgIpc) is 3.47. The third-order valence-corrected chi connectivity index (χ3v) is 7.76. The molecule has 2 unspecified atom stereocenters. The topological polar surface area (TPSA) is 96.7 Å². The van der Waals surface area contributed by atoms with Crippen LogP contribution in [0.15, 0.2) is 50.7 Å². The Morgan fingerprint density at radius 2 is 2.13 bits per heavy atom. The lowest BCUT2D eigenvalue weighted by molar-refractivity contribution is -0.141. The lowest BCUT2D eigenvalue weighted by atomic mass is 9.90. The predicted molar refractivity (Wildman–Crippen MR) is 123 cm³/mol. The Morgan fingerprint density at radius 3 is 2.81 bits per heavy atom. The Bertz CT molecular complexity index is 1290. The summed E-state index contributed by atoms with van der Waals surface area (Å²) >= 11 is 11.4. The second-order valence-corrected chi connectivity index (χ2v) is 9.91. The zero-order chi connectivity index (χ0) is 21.7. The van der Waals surface area contributed by atoms with Crippen LogP contribution in [-0.2, 0) is 11.3 Å². The largest absolute Gasteiger partial charge is 0.481 e. The summed E-state index contributed by atoms with van der Waals surface area (Å²) in [5.74, 6) is -0.818. The summed E-state index contributed by atoms with van der Waals surface area (Å²) in [5.41, 5.74) is 2.93. The summed E-state index contributed by atoms with van der Waals surface area (Å²) < 4.78 is 3.15. The first kappa shape index (κ1) is 20.5. The minimum atomic E-state index is -0.780. The molecule has 0 saturated heterocycles. The first-order chi connectivity index (χ1) is 14.9. The van der Waals surface area contributed by atoms with Gasteiger partial charge in [0.25, 0.3) is 0 Å². The van der Waals surface area contributed by atoms with E-state index in [2.05, 4.69) is 41.1 Å². The Hall–Kier alpha value is -2.36. The molecule has 5 rings (SSSR count). The summed E-state index contributed by atoms with van der Waals surface area (Å²) in [6.45, 7) is 2.55. The van der Waals surface area contributed by atoms with Crippen molar-refractivity contribution in [3.8, 4) is 11.4 Å². The number of aliphatic carboxylic acids is 1. The Balaban J connectivity index is 1.73. The van der Waals surface area contributed by atoms with E-state index in [0.29, 0.717) is 10.8 Å². The van der Waals surface area contributed by atoms with Gasteiger partial charge >= 0.3 is 5.97 Å². The van der Waals surface area contributed by atoms with E-state index in [1.54, 1.807) is 18.7 Å². The van der Waals surface area contributed by atoms with Gasteiger partial charge in [-0.05, 0) is 48.0 Å². The highest BCUT2D eigenvalue weighted by atomic mass is 79.9. The number of carboxylic acids is 1. The SMILES string of the molecule is CC(C(=O)O)C1CCn2c1c(Sc1ccc(Cl)cc1)c1c(Br)cc(-c3nn[nH]n3)cc12. The molecule has 1 aliphatic rings. The molecule has 0 amide bonds. The summed E-state index contributed by atoms with van der Waals surface area (Å²) in [7, 11) is 0. The van der Waals surface area contributed by atoms with Crippen molar-refractivity contribution in [1.82, 2.24) is 25.2 Å². The van der Waals surface area contributed by atoms with Crippen LogP contribution in [0.25, 0.3) is 22.3 Å². The fourth-order valence-corrected chi connectivity index (χ4v) is 6.32. The molecule has 0 aliphatic carbocycles. The van der Waals surface area contributed by atoms with Gasteiger partial charge in [0, 0.05) is 48.4 Å². The van der Waals surface area contributed by atoms with E-state index in [0.717, 1.165) is 49.4 Å². The van der Waals surface area contributed by atoms with Gasteiger partial charge in [-0.15, -0.1) is 10.2 Å². The van der Waals surface area contributed by atoms with Crippen LogP contribution in [0.1, 0.15) is 25.0 Å². The number of nitrogens with zero attached hydrogens (tertiary/aromatic N) is 4. The number of carboxylic acid groups (broad SMARTS) is 1. The maximum atomic E-state index is 11.8. The highest BCUT2D eigenvalue weighted by molar-refractivity contribution is 9.10. The molecular formula is C21H17BrClN5O2S. The van der Waals surface area contributed by atoms with Crippen LogP contribution in [0.2, 0.25) is 5.02 Å². The molecule has 0 bridgehead atoms. The van der Waals surface area contributed by atoms with Crippen LogP contribution in [-0.4, -0.2) is 36.3 Å². The van der Waals surface area contributed by atoms with E-state index < -0.39 is 11.9 Å². The number of nitrogens with one attached hydrogen (secondary N) is 1. The van der Waals surface area contributed by atoms with Gasteiger partial charge < -0.3 is 9.67 Å². The van der Waals surface area contributed by atoms with Crippen LogP contribution >= 0.6 is 39.3 Å². The molecule has 0 fully saturated rings. The predicted octanol–water partition coefficient (Wildman–Crippen LogP) is 5.60. The van der Waals surface area contributed by atoms with E-state index in [-0.39, 0.29) is 5.92 Å². The number of hydrogen-bond acceptors (Lipinski definition) is 5. The molecule has 2 atom stereocenters. The Labute approximate surface area is 195 Å². The maximum absolute atomic E-state index is 11.8. The minimum Gasteiger partial charge on any atom is -0.481 e. The number of fused-ring (bicyclic) bond motifs is 3. The van der Waals surface area contributed by atoms with Crippen LogP contribution < -0.4 is 0 Å². The fraction of sp³-hybridized carbons (Fsp3) is 0.238. The number of hydrogen-bond donors (Lipinski definition) is 2. The number of benzene rings is 2. The van der Waals surface area contributed by atoms with E-state index in [1.165, 1.54) is 0 Å². The van der Waals surface area contributed by atoms with Gasteiger partial charge in [-0.25, -0.2) is 0 Å². The average molecular weight is 519 g/mol. The first-order valence-corrected chi connectivity index (χ1v) is 11.7. The maximum Gasteiger partial charge on any atom is 0.306 e. The third-order valence-electron chi connectivity index (χ3n) is 5.76. The number of aromatic nitrogens is 5. The summed E-state index contributed by atoms with van der Waals surface area (Å²) in [5, 5.41) is 25.8. The summed E-state index contributed by atoms with van der Waals surface area (Å²) in [6, 6.07) is 11.7. The van der Waals surface area contributed by atoms with Gasteiger partial charge in [0.15, 0.2) is 0 Å². The number of H-pyrrole nitrogens is 1. The highest BCUT2D eigenvalue weighted by Gasteiger charge is 2.36. The fourth-order valence-electron chi connectivity index (χ4n) is 4.22. The first-order valence-electron chi connectivity index (χ1n) is 9.69. The van der Waals surface area contributed by atoms with Gasteiger partial charge in [0.05, 0.1) is 11.4 Å². The molecular weight excluding hydrogens is 502 g/mol. The number of rotatable bonds is 5. The van der Waals surface area contributed by atoms with Crippen LogP contribution in [0.4, 0.5) is 0 Å². The van der Waals surface area contributed by atoms with Gasteiger partial charge in [0.2, 0.25) is 5.82 Å².